The summed E-state index contributed by atoms with van der Waals surface area (Å²) in [6, 6.07) is 0.959. The highest BCUT2D eigenvalue weighted by atomic mass is 16.5. The van der Waals surface area contributed by atoms with Crippen LogP contribution in [0.25, 0.3) is 0 Å². The van der Waals surface area contributed by atoms with E-state index in [-0.39, 0.29) is 12.0 Å². The van der Waals surface area contributed by atoms with Gasteiger partial charge in [-0.2, -0.15) is 0 Å². The summed E-state index contributed by atoms with van der Waals surface area (Å²) in [4.78, 5) is 14.6. The molecule has 3 heterocycles. The lowest BCUT2D eigenvalue weighted by Gasteiger charge is -2.32. The first-order chi connectivity index (χ1) is 8.34. The molecule has 17 heavy (non-hydrogen) atoms. The summed E-state index contributed by atoms with van der Waals surface area (Å²) in [7, 11) is 0. The van der Waals surface area contributed by atoms with Gasteiger partial charge >= 0.3 is 0 Å². The molecule has 3 fully saturated rings. The summed E-state index contributed by atoms with van der Waals surface area (Å²) >= 11 is 0. The van der Waals surface area contributed by atoms with Crippen LogP contribution in [0.4, 0.5) is 0 Å². The van der Waals surface area contributed by atoms with E-state index in [1.165, 1.54) is 25.8 Å². The normalized spacial score (nSPS) is 38.0. The molecule has 1 amide bonds. The third-order valence-corrected chi connectivity index (χ3v) is 4.41. The Balaban J connectivity index is 1.56. The van der Waals surface area contributed by atoms with Crippen molar-refractivity contribution >= 4 is 5.91 Å². The van der Waals surface area contributed by atoms with Crippen LogP contribution in [0.3, 0.4) is 0 Å². The van der Waals surface area contributed by atoms with Crippen molar-refractivity contribution in [1.82, 2.24) is 10.2 Å². The summed E-state index contributed by atoms with van der Waals surface area (Å²) in [5.74, 6) is 0.125. The van der Waals surface area contributed by atoms with E-state index in [0.29, 0.717) is 12.1 Å². The second kappa shape index (κ2) is 4.94. The number of nitrogens with one attached hydrogen (secondary N) is 1. The summed E-state index contributed by atoms with van der Waals surface area (Å²) in [6.07, 6.45) is 6.74. The number of hydrogen-bond donors (Lipinski definition) is 1. The van der Waals surface area contributed by atoms with Gasteiger partial charge < -0.3 is 10.1 Å². The molecular weight excluding hydrogens is 216 g/mol. The van der Waals surface area contributed by atoms with Crippen LogP contribution < -0.4 is 5.32 Å². The number of piperidine rings is 1. The van der Waals surface area contributed by atoms with Crippen LogP contribution in [0.15, 0.2) is 0 Å². The van der Waals surface area contributed by atoms with E-state index >= 15 is 0 Å². The minimum absolute atomic E-state index is 0.125. The van der Waals surface area contributed by atoms with E-state index in [0.717, 1.165) is 32.4 Å². The molecule has 0 aliphatic carbocycles. The topological polar surface area (TPSA) is 41.6 Å². The number of carbonyl (C=O) groups excluding carboxylic acids is 1. The quantitative estimate of drug-likeness (QED) is 0.777. The van der Waals surface area contributed by atoms with Crippen LogP contribution in [0.1, 0.15) is 38.5 Å². The maximum Gasteiger partial charge on any atom is 0.249 e. The Labute approximate surface area is 103 Å². The maximum atomic E-state index is 12.0. The zero-order chi connectivity index (χ0) is 11.7. The van der Waals surface area contributed by atoms with Gasteiger partial charge in [0.25, 0.3) is 0 Å². The van der Waals surface area contributed by atoms with Gasteiger partial charge in [0, 0.05) is 25.2 Å². The predicted octanol–water partition coefficient (Wildman–Crippen LogP) is 0.908. The zero-order valence-corrected chi connectivity index (χ0v) is 10.4. The first kappa shape index (κ1) is 11.5. The van der Waals surface area contributed by atoms with Gasteiger partial charge in [0.2, 0.25) is 5.91 Å². The minimum atomic E-state index is -0.173. The minimum Gasteiger partial charge on any atom is -0.368 e. The molecule has 0 unspecified atom stereocenters. The summed E-state index contributed by atoms with van der Waals surface area (Å²) < 4.78 is 5.44. The van der Waals surface area contributed by atoms with Crippen LogP contribution in [-0.2, 0) is 9.53 Å². The van der Waals surface area contributed by atoms with Gasteiger partial charge in [-0.25, -0.2) is 0 Å². The van der Waals surface area contributed by atoms with Crippen LogP contribution in [0.5, 0.6) is 0 Å². The molecule has 0 aromatic rings. The van der Waals surface area contributed by atoms with E-state index in [1.54, 1.807) is 0 Å². The molecule has 0 spiro atoms. The number of amides is 1. The summed E-state index contributed by atoms with van der Waals surface area (Å²) in [6.45, 7) is 3.12. The molecule has 0 aromatic carbocycles. The van der Waals surface area contributed by atoms with Crippen molar-refractivity contribution < 1.29 is 9.53 Å². The smallest absolute Gasteiger partial charge is 0.249 e. The molecular formula is C13H22N2O2. The molecule has 4 heteroatoms. The molecule has 3 aliphatic rings. The Morgan fingerprint density at radius 3 is 2.88 bits per heavy atom. The average molecular weight is 238 g/mol. The second-order valence-corrected chi connectivity index (χ2v) is 5.50. The van der Waals surface area contributed by atoms with E-state index in [1.807, 2.05) is 0 Å². The number of rotatable bonds is 2. The summed E-state index contributed by atoms with van der Waals surface area (Å²) in [5, 5.41) is 3.21. The van der Waals surface area contributed by atoms with Crippen molar-refractivity contribution in [1.29, 1.82) is 0 Å². The fraction of sp³-hybridized carbons (Fsp3) is 0.923. The van der Waals surface area contributed by atoms with Gasteiger partial charge in [-0.15, -0.1) is 0 Å². The molecule has 3 rings (SSSR count). The number of ether oxygens (including phenoxy) is 1. The highest BCUT2D eigenvalue weighted by Crippen LogP contribution is 2.27. The van der Waals surface area contributed by atoms with Gasteiger partial charge in [0.05, 0.1) is 0 Å². The maximum absolute atomic E-state index is 12.0. The lowest BCUT2D eigenvalue weighted by Crippen LogP contribution is -2.49. The number of fused-ring (bicyclic) bond motifs is 1. The predicted molar refractivity (Wildman–Crippen MR) is 64.7 cm³/mol. The Morgan fingerprint density at radius 2 is 2.06 bits per heavy atom. The van der Waals surface area contributed by atoms with Gasteiger partial charge in [-0.1, -0.05) is 6.42 Å². The number of nitrogens with zero attached hydrogens (tertiary/aromatic N) is 1. The molecule has 3 atom stereocenters. The standard InChI is InChI=1S/C13H22N2O2/c16-13(12-5-3-9-17-12)14-10-6-8-15-7-2-1-4-11(10)15/h10-12H,1-9H2,(H,14,16)/t10-,11+,12-/m1/s1. The van der Waals surface area contributed by atoms with Crippen LogP contribution in [0.2, 0.25) is 0 Å². The molecule has 0 aromatic heterocycles. The molecule has 3 aliphatic heterocycles. The molecule has 0 saturated carbocycles. The van der Waals surface area contributed by atoms with Gasteiger partial charge in [-0.3, -0.25) is 9.69 Å². The van der Waals surface area contributed by atoms with Crippen molar-refractivity contribution in [2.24, 2.45) is 0 Å². The fourth-order valence-corrected chi connectivity index (χ4v) is 3.48. The molecule has 4 nitrogen and oxygen atoms in total. The Morgan fingerprint density at radius 1 is 1.12 bits per heavy atom. The van der Waals surface area contributed by atoms with Crippen LogP contribution in [-0.4, -0.2) is 48.7 Å². The van der Waals surface area contributed by atoms with Crippen molar-refractivity contribution in [2.45, 2.75) is 56.7 Å². The Kier molecular flexibility index (Phi) is 3.34. The number of carbonyl (C=O) groups is 1. The third-order valence-electron chi connectivity index (χ3n) is 4.41. The molecule has 3 saturated heterocycles. The zero-order valence-electron chi connectivity index (χ0n) is 10.4. The van der Waals surface area contributed by atoms with Crippen molar-refractivity contribution in [2.75, 3.05) is 19.7 Å². The van der Waals surface area contributed by atoms with E-state index in [2.05, 4.69) is 10.2 Å². The Bertz CT molecular complexity index is 289. The first-order valence-electron chi connectivity index (χ1n) is 7.00. The lowest BCUT2D eigenvalue weighted by atomic mass is 9.99. The SMILES string of the molecule is O=C(N[C@@H]1CCN2CCCC[C@@H]12)[C@H]1CCCO1. The van der Waals surface area contributed by atoms with E-state index in [4.69, 9.17) is 4.74 Å². The van der Waals surface area contributed by atoms with E-state index < -0.39 is 0 Å². The van der Waals surface area contributed by atoms with Crippen LogP contribution in [0, 0.1) is 0 Å². The van der Waals surface area contributed by atoms with Gasteiger partial charge in [-0.05, 0) is 38.6 Å². The van der Waals surface area contributed by atoms with Gasteiger partial charge in [0.15, 0.2) is 0 Å². The second-order valence-electron chi connectivity index (χ2n) is 5.50. The van der Waals surface area contributed by atoms with Crippen molar-refractivity contribution in [3.05, 3.63) is 0 Å². The number of hydrogen-bond acceptors (Lipinski definition) is 3. The van der Waals surface area contributed by atoms with Crippen molar-refractivity contribution in [3.8, 4) is 0 Å². The third kappa shape index (κ3) is 2.33. The highest BCUT2D eigenvalue weighted by Gasteiger charge is 2.37. The van der Waals surface area contributed by atoms with Gasteiger partial charge in [0.1, 0.15) is 6.10 Å². The van der Waals surface area contributed by atoms with Crippen molar-refractivity contribution in [3.63, 3.8) is 0 Å². The molecule has 1 N–H and O–H groups in total. The molecule has 0 bridgehead atoms. The summed E-state index contributed by atoms with van der Waals surface area (Å²) in [5.41, 5.74) is 0. The molecule has 96 valence electrons. The first-order valence-corrected chi connectivity index (χ1v) is 7.00. The highest BCUT2D eigenvalue weighted by molar-refractivity contribution is 5.81. The van der Waals surface area contributed by atoms with Crippen LogP contribution >= 0.6 is 0 Å². The largest absolute Gasteiger partial charge is 0.368 e. The Hall–Kier alpha value is -0.610. The average Bonchev–Trinajstić information content (AvgIpc) is 2.98. The molecule has 0 radical (unpaired) electrons. The van der Waals surface area contributed by atoms with E-state index in [9.17, 15) is 4.79 Å². The lowest BCUT2D eigenvalue weighted by molar-refractivity contribution is -0.131. The monoisotopic (exact) mass is 238 g/mol. The fourth-order valence-electron chi connectivity index (χ4n) is 3.48.